The molecule has 0 spiro atoms. The molecule has 3 nitrogen and oxygen atoms in total. The summed E-state index contributed by atoms with van der Waals surface area (Å²) in [5, 5.41) is 0. The molecule has 0 amide bonds. The number of aldehydes is 1. The van der Waals surface area contributed by atoms with Gasteiger partial charge in [-0.25, -0.2) is 0 Å². The Labute approximate surface area is 83.8 Å². The highest BCUT2D eigenvalue weighted by Crippen LogP contribution is 2.25. The first-order valence-electron chi connectivity index (χ1n) is 4.96. The number of carbonyl (C=O) groups excluding carboxylic acids is 1. The normalized spacial score (nSPS) is 22.4. The molecule has 1 atom stereocenters. The first-order valence-corrected chi connectivity index (χ1v) is 4.96. The zero-order valence-electron chi connectivity index (χ0n) is 8.10. The highest BCUT2D eigenvalue weighted by Gasteiger charge is 2.23. The number of hydrogen-bond donors (Lipinski definition) is 0. The van der Waals surface area contributed by atoms with Crippen LogP contribution < -0.4 is 0 Å². The maximum Gasteiger partial charge on any atom is 0.133 e. The molecule has 3 heteroatoms. The van der Waals surface area contributed by atoms with Crippen molar-refractivity contribution in [3.8, 4) is 0 Å². The average molecular weight is 190 g/mol. The van der Waals surface area contributed by atoms with Crippen LogP contribution in [-0.4, -0.2) is 35.8 Å². The van der Waals surface area contributed by atoms with Crippen LogP contribution in [0.1, 0.15) is 17.9 Å². The number of likely N-dealkylation sites (tertiary alicyclic amines) is 1. The largest absolute Gasteiger partial charge is 0.302 e. The highest BCUT2D eigenvalue weighted by atomic mass is 16.1. The maximum absolute atomic E-state index is 10.4. The van der Waals surface area contributed by atoms with Crippen molar-refractivity contribution in [1.29, 1.82) is 0 Å². The summed E-state index contributed by atoms with van der Waals surface area (Å²) in [7, 11) is 0. The quantitative estimate of drug-likeness (QED) is 0.668. The first kappa shape index (κ1) is 9.34. The fourth-order valence-corrected chi connectivity index (χ4v) is 1.99. The number of hydrogen-bond acceptors (Lipinski definition) is 3. The third kappa shape index (κ3) is 1.99. The Morgan fingerprint density at radius 1 is 1.64 bits per heavy atom. The van der Waals surface area contributed by atoms with Crippen molar-refractivity contribution in [3.63, 3.8) is 0 Å². The Hall–Kier alpha value is -1.22. The maximum atomic E-state index is 10.4. The number of rotatable bonds is 3. The van der Waals surface area contributed by atoms with Crippen molar-refractivity contribution in [2.45, 2.75) is 12.3 Å². The predicted molar refractivity (Wildman–Crippen MR) is 54.1 cm³/mol. The van der Waals surface area contributed by atoms with Crippen LogP contribution in [0.25, 0.3) is 0 Å². The Morgan fingerprint density at radius 2 is 2.57 bits per heavy atom. The Kier molecular flexibility index (Phi) is 2.89. The molecule has 2 heterocycles. The van der Waals surface area contributed by atoms with E-state index in [2.05, 4.69) is 16.0 Å². The third-order valence-electron chi connectivity index (χ3n) is 2.76. The fourth-order valence-electron chi connectivity index (χ4n) is 1.99. The van der Waals surface area contributed by atoms with E-state index in [4.69, 9.17) is 0 Å². The molecule has 0 radical (unpaired) electrons. The van der Waals surface area contributed by atoms with E-state index in [0.717, 1.165) is 25.8 Å². The molecule has 1 unspecified atom stereocenters. The third-order valence-corrected chi connectivity index (χ3v) is 2.76. The van der Waals surface area contributed by atoms with Gasteiger partial charge in [-0.15, -0.1) is 0 Å². The lowest BCUT2D eigenvalue weighted by Gasteiger charge is -2.12. The second-order valence-corrected chi connectivity index (χ2v) is 3.70. The molecule has 14 heavy (non-hydrogen) atoms. The van der Waals surface area contributed by atoms with Gasteiger partial charge in [-0.05, 0) is 30.5 Å². The van der Waals surface area contributed by atoms with Crippen molar-refractivity contribution < 1.29 is 4.79 Å². The molecular weight excluding hydrogens is 176 g/mol. The van der Waals surface area contributed by atoms with Gasteiger partial charge in [0.25, 0.3) is 0 Å². The van der Waals surface area contributed by atoms with Crippen LogP contribution in [0.4, 0.5) is 0 Å². The molecule has 74 valence electrons. The molecule has 2 rings (SSSR count). The van der Waals surface area contributed by atoms with Crippen LogP contribution in [0.15, 0.2) is 24.5 Å². The lowest BCUT2D eigenvalue weighted by atomic mass is 10.0. The van der Waals surface area contributed by atoms with Crippen molar-refractivity contribution in [3.05, 3.63) is 30.1 Å². The van der Waals surface area contributed by atoms with E-state index in [0.29, 0.717) is 12.5 Å². The van der Waals surface area contributed by atoms with Crippen LogP contribution in [0.3, 0.4) is 0 Å². The smallest absolute Gasteiger partial charge is 0.133 e. The second kappa shape index (κ2) is 4.33. The van der Waals surface area contributed by atoms with Gasteiger partial charge in [-0.2, -0.15) is 0 Å². The lowest BCUT2D eigenvalue weighted by Crippen LogP contribution is -2.22. The van der Waals surface area contributed by atoms with E-state index in [9.17, 15) is 4.79 Å². The van der Waals surface area contributed by atoms with Crippen molar-refractivity contribution in [1.82, 2.24) is 9.88 Å². The molecule has 1 aliphatic heterocycles. The minimum atomic E-state index is 0.559. The van der Waals surface area contributed by atoms with Crippen molar-refractivity contribution in [2.75, 3.05) is 19.6 Å². The molecular formula is C11H14N2O. The molecule has 0 N–H and O–H groups in total. The molecule has 0 aliphatic carbocycles. The molecule has 0 bridgehead atoms. The van der Waals surface area contributed by atoms with Gasteiger partial charge < -0.3 is 4.79 Å². The summed E-state index contributed by atoms with van der Waals surface area (Å²) in [6.07, 6.45) is 5.84. The average Bonchev–Trinajstić information content (AvgIpc) is 2.68. The number of pyridine rings is 1. The van der Waals surface area contributed by atoms with Gasteiger partial charge in [0.1, 0.15) is 6.29 Å². The SMILES string of the molecule is O=CCN1CCC(c2cccnc2)C1. The molecule has 0 saturated carbocycles. The number of nitrogens with zero attached hydrogens (tertiary/aromatic N) is 2. The molecule has 1 fully saturated rings. The summed E-state index contributed by atoms with van der Waals surface area (Å²) < 4.78 is 0. The van der Waals surface area contributed by atoms with Crippen LogP contribution in [-0.2, 0) is 4.79 Å². The van der Waals surface area contributed by atoms with Crippen molar-refractivity contribution in [2.24, 2.45) is 0 Å². The van der Waals surface area contributed by atoms with Crippen LogP contribution in [0.2, 0.25) is 0 Å². The summed E-state index contributed by atoms with van der Waals surface area (Å²) >= 11 is 0. The minimum absolute atomic E-state index is 0.559. The number of carbonyl (C=O) groups is 1. The second-order valence-electron chi connectivity index (χ2n) is 3.70. The molecule has 1 aliphatic rings. The van der Waals surface area contributed by atoms with E-state index >= 15 is 0 Å². The van der Waals surface area contributed by atoms with E-state index in [1.807, 2.05) is 12.3 Å². The Bertz CT molecular complexity index is 299. The van der Waals surface area contributed by atoms with E-state index in [1.54, 1.807) is 6.20 Å². The van der Waals surface area contributed by atoms with Crippen molar-refractivity contribution >= 4 is 6.29 Å². The zero-order valence-corrected chi connectivity index (χ0v) is 8.10. The Morgan fingerprint density at radius 3 is 3.29 bits per heavy atom. The van der Waals surface area contributed by atoms with E-state index in [-0.39, 0.29) is 0 Å². The predicted octanol–water partition coefficient (Wildman–Crippen LogP) is 1.07. The molecule has 1 aromatic rings. The molecule has 1 aromatic heterocycles. The van der Waals surface area contributed by atoms with Crippen LogP contribution >= 0.6 is 0 Å². The van der Waals surface area contributed by atoms with Gasteiger partial charge in [0.2, 0.25) is 0 Å². The van der Waals surface area contributed by atoms with E-state index in [1.165, 1.54) is 5.56 Å². The number of aromatic nitrogens is 1. The van der Waals surface area contributed by atoms with Gasteiger partial charge in [-0.3, -0.25) is 9.88 Å². The monoisotopic (exact) mass is 190 g/mol. The van der Waals surface area contributed by atoms with Crippen LogP contribution in [0.5, 0.6) is 0 Å². The molecule has 0 aromatic carbocycles. The summed E-state index contributed by atoms with van der Waals surface area (Å²) in [5.41, 5.74) is 1.29. The summed E-state index contributed by atoms with van der Waals surface area (Å²) in [6, 6.07) is 4.08. The Balaban J connectivity index is 1.99. The van der Waals surface area contributed by atoms with Gasteiger partial charge in [0, 0.05) is 18.9 Å². The highest BCUT2D eigenvalue weighted by molar-refractivity contribution is 5.52. The fraction of sp³-hybridized carbons (Fsp3) is 0.455. The summed E-state index contributed by atoms with van der Waals surface area (Å²) in [6.45, 7) is 2.58. The summed E-state index contributed by atoms with van der Waals surface area (Å²) in [4.78, 5) is 16.6. The van der Waals surface area contributed by atoms with E-state index < -0.39 is 0 Å². The first-order chi connectivity index (χ1) is 6.90. The standard InChI is InChI=1S/C11H14N2O/c14-7-6-13-5-3-11(9-13)10-2-1-4-12-8-10/h1-2,4,7-8,11H,3,5-6,9H2. The van der Waals surface area contributed by atoms with Gasteiger partial charge in [0.15, 0.2) is 0 Å². The lowest BCUT2D eigenvalue weighted by molar-refractivity contribution is -0.108. The zero-order chi connectivity index (χ0) is 9.80. The minimum Gasteiger partial charge on any atom is -0.302 e. The van der Waals surface area contributed by atoms with Gasteiger partial charge >= 0.3 is 0 Å². The van der Waals surface area contributed by atoms with Gasteiger partial charge in [-0.1, -0.05) is 6.07 Å². The van der Waals surface area contributed by atoms with Gasteiger partial charge in [0.05, 0.1) is 6.54 Å². The topological polar surface area (TPSA) is 33.2 Å². The van der Waals surface area contributed by atoms with Crippen LogP contribution in [0, 0.1) is 0 Å². The summed E-state index contributed by atoms with van der Waals surface area (Å²) in [5.74, 6) is 0.559. The molecule has 1 saturated heterocycles.